The number of likely N-dealkylation sites (N-methyl/N-ethyl adjacent to an activating group) is 2. The van der Waals surface area contributed by atoms with Gasteiger partial charge in [-0.25, -0.2) is 9.59 Å². The summed E-state index contributed by atoms with van der Waals surface area (Å²) in [6.45, 7) is 13.4. The minimum Gasteiger partial charge on any atom is -0.461 e. The quantitative estimate of drug-likeness (QED) is 0.0415. The molecule has 1 saturated heterocycles. The number of benzene rings is 2. The first-order valence-electron chi connectivity index (χ1n) is 27.8. The number of hydrogen-bond donors (Lipinski definition) is 2. The zero-order valence-corrected chi connectivity index (χ0v) is 47.2. The predicted molar refractivity (Wildman–Crippen MR) is 291 cm³/mol. The standard InChI is InChI=1S/C58H88N8O10/c1-12-38(6)52(64(8)56(70)50(36(2)3)61-55(69)51(37(4)5)65(9)58(72)75-35-41-25-28-44(29-26-41)62-63-59)48(73-10)34-49(67)66-31-19-24-47(66)53(74-11)39(7)54(68)60-46(32-40-20-15-13-16-21-40)57(71)76-45-23-18-14-17-22-42-33-43(42)27-30-45/h13,15-16,20-21,25-26,28-29,36-39,42-43,45-48,50-53H,12,14,17-19,22-24,27,30-35H2,1-11H3,(H,60,68)(H,61,69)/t38-,39+,42?,43?,45?,46-,47-,48+,50-,51-,52-,53+/m0/s1. The summed E-state index contributed by atoms with van der Waals surface area (Å²) >= 11 is 0. The molecule has 0 spiro atoms. The highest BCUT2D eigenvalue weighted by atomic mass is 16.6. The maximum Gasteiger partial charge on any atom is 0.410 e. The monoisotopic (exact) mass is 1060 g/mol. The second kappa shape index (κ2) is 29.7. The third kappa shape index (κ3) is 16.9. The Kier molecular flexibility index (Phi) is 23.9. The number of hydrogen-bond acceptors (Lipinski definition) is 11. The van der Waals surface area contributed by atoms with Crippen LogP contribution in [0.25, 0.3) is 10.4 Å². The summed E-state index contributed by atoms with van der Waals surface area (Å²) in [6, 6.07) is 12.2. The maximum absolute atomic E-state index is 14.7. The van der Waals surface area contributed by atoms with Crippen molar-refractivity contribution in [2.45, 2.75) is 187 Å². The van der Waals surface area contributed by atoms with Crippen LogP contribution in [-0.4, -0.2) is 134 Å². The van der Waals surface area contributed by atoms with Crippen LogP contribution < -0.4 is 10.6 Å². The SMILES string of the molecule is CC[C@H](C)[C@@H]([C@@H](CC(=O)N1CCC[C@H]1[C@H](OC)[C@@H](C)C(=O)N[C@@H](Cc1ccccc1)C(=O)OC1CCCCCC2CC2CC1)OC)N(C)C(=O)[C@@H](NC(=O)[C@H](C(C)C)N(C)C(=O)OCc1ccc(N=[N+]=[N-])cc1)C(C)C. The van der Waals surface area contributed by atoms with E-state index in [-0.39, 0.29) is 61.0 Å². The molecule has 2 aliphatic carbocycles. The molecule has 2 aromatic rings. The fraction of sp³-hybridized carbons (Fsp3) is 0.690. The van der Waals surface area contributed by atoms with Gasteiger partial charge in [-0.1, -0.05) is 134 Å². The minimum absolute atomic E-state index is 0.0663. The number of fused-ring (bicyclic) bond motifs is 1. The van der Waals surface area contributed by atoms with Gasteiger partial charge in [0, 0.05) is 51.9 Å². The topological polar surface area (TPSA) is 222 Å². The van der Waals surface area contributed by atoms with Gasteiger partial charge < -0.3 is 39.4 Å². The normalized spacial score (nSPS) is 21.7. The third-order valence-corrected chi connectivity index (χ3v) is 16.2. The first kappa shape index (κ1) is 61.1. The van der Waals surface area contributed by atoms with Crippen LogP contribution in [0.4, 0.5) is 10.5 Å². The number of carbonyl (C=O) groups is 6. The first-order chi connectivity index (χ1) is 36.3. The van der Waals surface area contributed by atoms with Crippen LogP contribution in [-0.2, 0) is 55.9 Å². The fourth-order valence-corrected chi connectivity index (χ4v) is 11.5. The number of nitrogens with one attached hydrogen (secondary N) is 2. The predicted octanol–water partition coefficient (Wildman–Crippen LogP) is 9.30. The molecule has 420 valence electrons. The lowest BCUT2D eigenvalue weighted by Crippen LogP contribution is -2.60. The zero-order chi connectivity index (χ0) is 55.6. The van der Waals surface area contributed by atoms with Crippen molar-refractivity contribution in [1.82, 2.24) is 25.3 Å². The van der Waals surface area contributed by atoms with Crippen molar-refractivity contribution in [1.29, 1.82) is 0 Å². The second-order valence-electron chi connectivity index (χ2n) is 22.3. The average Bonchev–Trinajstić information content (AvgIpc) is 3.99. The zero-order valence-electron chi connectivity index (χ0n) is 47.2. The van der Waals surface area contributed by atoms with E-state index in [2.05, 4.69) is 20.7 Å². The molecule has 0 bridgehead atoms. The van der Waals surface area contributed by atoms with Crippen LogP contribution >= 0.6 is 0 Å². The Hall–Kier alpha value is -5.71. The Morgan fingerprint density at radius 2 is 1.46 bits per heavy atom. The van der Waals surface area contributed by atoms with Crippen LogP contribution in [0, 0.1) is 35.5 Å². The van der Waals surface area contributed by atoms with Crippen molar-refractivity contribution in [3.05, 3.63) is 76.2 Å². The molecule has 2 aromatic carbocycles. The van der Waals surface area contributed by atoms with E-state index in [1.54, 1.807) is 69.0 Å². The summed E-state index contributed by atoms with van der Waals surface area (Å²) < 4.78 is 24.0. The van der Waals surface area contributed by atoms with Gasteiger partial charge in [0.1, 0.15) is 30.8 Å². The molecule has 3 aliphatic rings. The molecule has 76 heavy (non-hydrogen) atoms. The molecule has 18 nitrogen and oxygen atoms in total. The minimum atomic E-state index is -0.995. The molecule has 0 radical (unpaired) electrons. The Morgan fingerprint density at radius 1 is 0.776 bits per heavy atom. The molecular formula is C58H88N8O10. The van der Waals surface area contributed by atoms with Crippen molar-refractivity contribution >= 4 is 41.4 Å². The molecule has 12 atom stereocenters. The van der Waals surface area contributed by atoms with Crippen molar-refractivity contribution in [2.24, 2.45) is 40.6 Å². The van der Waals surface area contributed by atoms with Gasteiger partial charge in [-0.05, 0) is 91.2 Å². The summed E-state index contributed by atoms with van der Waals surface area (Å²) in [5.41, 5.74) is 10.7. The lowest BCUT2D eigenvalue weighted by molar-refractivity contribution is -0.155. The Morgan fingerprint density at radius 3 is 2.09 bits per heavy atom. The molecule has 3 fully saturated rings. The number of methoxy groups -OCH3 is 2. The van der Waals surface area contributed by atoms with E-state index < -0.39 is 66.3 Å². The van der Waals surface area contributed by atoms with Gasteiger partial charge in [-0.15, -0.1) is 0 Å². The number of likely N-dealkylation sites (tertiary alicyclic amines) is 1. The third-order valence-electron chi connectivity index (χ3n) is 16.2. The largest absolute Gasteiger partial charge is 0.461 e. The summed E-state index contributed by atoms with van der Waals surface area (Å²) in [5, 5.41) is 9.57. The van der Waals surface area contributed by atoms with Gasteiger partial charge in [-0.3, -0.25) is 24.1 Å². The number of rotatable bonds is 25. The fourth-order valence-electron chi connectivity index (χ4n) is 11.5. The van der Waals surface area contributed by atoms with E-state index in [4.69, 9.17) is 24.5 Å². The Balaban J connectivity index is 1.25. The van der Waals surface area contributed by atoms with E-state index >= 15 is 0 Å². The van der Waals surface area contributed by atoms with Crippen molar-refractivity contribution in [2.75, 3.05) is 34.9 Å². The average molecular weight is 1060 g/mol. The molecule has 5 amide bonds. The summed E-state index contributed by atoms with van der Waals surface area (Å²) in [4.78, 5) is 92.6. The number of carbonyl (C=O) groups excluding carboxylic acids is 6. The van der Waals surface area contributed by atoms with Crippen LogP contribution in [0.2, 0.25) is 0 Å². The maximum atomic E-state index is 14.7. The van der Waals surface area contributed by atoms with Gasteiger partial charge in [0.2, 0.25) is 23.6 Å². The highest BCUT2D eigenvalue weighted by Crippen LogP contribution is 2.46. The number of azide groups is 1. The molecule has 0 aromatic heterocycles. The summed E-state index contributed by atoms with van der Waals surface area (Å²) in [7, 11) is 6.22. The van der Waals surface area contributed by atoms with Gasteiger partial charge in [0.25, 0.3) is 0 Å². The van der Waals surface area contributed by atoms with E-state index in [1.165, 1.54) is 38.3 Å². The lowest BCUT2D eigenvalue weighted by atomic mass is 9.89. The van der Waals surface area contributed by atoms with Crippen LogP contribution in [0.1, 0.15) is 137 Å². The number of esters is 1. The Bertz CT molecular complexity index is 2260. The molecular weight excluding hydrogens is 969 g/mol. The highest BCUT2D eigenvalue weighted by molar-refractivity contribution is 5.92. The van der Waals surface area contributed by atoms with Crippen LogP contribution in [0.5, 0.6) is 0 Å². The second-order valence-corrected chi connectivity index (χ2v) is 22.3. The van der Waals surface area contributed by atoms with Gasteiger partial charge >= 0.3 is 12.1 Å². The van der Waals surface area contributed by atoms with Crippen molar-refractivity contribution < 1.29 is 47.7 Å². The van der Waals surface area contributed by atoms with E-state index in [1.807, 2.05) is 58.0 Å². The molecule has 2 N–H and O–H groups in total. The number of ether oxygens (including phenoxy) is 4. The first-order valence-corrected chi connectivity index (χ1v) is 27.8. The summed E-state index contributed by atoms with van der Waals surface area (Å²) in [5.74, 6) is -1.99. The van der Waals surface area contributed by atoms with E-state index in [0.717, 1.165) is 49.5 Å². The molecule has 18 heteroatoms. The number of amides is 5. The van der Waals surface area contributed by atoms with Gasteiger partial charge in [0.05, 0.1) is 36.6 Å². The lowest BCUT2D eigenvalue weighted by Gasteiger charge is -2.41. The van der Waals surface area contributed by atoms with E-state index in [9.17, 15) is 28.8 Å². The van der Waals surface area contributed by atoms with Crippen molar-refractivity contribution in [3.8, 4) is 0 Å². The molecule has 1 aliphatic heterocycles. The van der Waals surface area contributed by atoms with E-state index in [0.29, 0.717) is 37.1 Å². The van der Waals surface area contributed by atoms with Gasteiger partial charge in [-0.2, -0.15) is 0 Å². The van der Waals surface area contributed by atoms with Crippen molar-refractivity contribution in [3.63, 3.8) is 0 Å². The molecule has 1 heterocycles. The highest BCUT2D eigenvalue weighted by Gasteiger charge is 2.44. The molecule has 2 saturated carbocycles. The molecule has 5 rings (SSSR count). The van der Waals surface area contributed by atoms with Crippen LogP contribution in [0.15, 0.2) is 59.7 Å². The smallest absolute Gasteiger partial charge is 0.410 e. The Labute approximate surface area is 451 Å². The van der Waals surface area contributed by atoms with Crippen LogP contribution in [0.3, 0.4) is 0 Å². The number of nitrogens with zero attached hydrogens (tertiary/aromatic N) is 6. The van der Waals surface area contributed by atoms with Gasteiger partial charge in [0.15, 0.2) is 0 Å². The summed E-state index contributed by atoms with van der Waals surface area (Å²) in [6.07, 6.45) is 8.40. The molecule has 3 unspecified atom stereocenters.